The summed E-state index contributed by atoms with van der Waals surface area (Å²) in [5.41, 5.74) is 4.53. The summed E-state index contributed by atoms with van der Waals surface area (Å²) in [4.78, 5) is 9.87. The van der Waals surface area contributed by atoms with Crippen molar-refractivity contribution in [2.75, 3.05) is 13.1 Å². The van der Waals surface area contributed by atoms with E-state index in [1.165, 1.54) is 75.6 Å². The number of nitrogens with zero attached hydrogens (tertiary/aromatic N) is 2. The van der Waals surface area contributed by atoms with Crippen LogP contribution in [0.25, 0.3) is 0 Å². The average molecular weight is 395 g/mol. The first-order valence-electron chi connectivity index (χ1n) is 12.9. The van der Waals surface area contributed by atoms with Crippen molar-refractivity contribution < 1.29 is 0 Å². The van der Waals surface area contributed by atoms with Gasteiger partial charge in [0.25, 0.3) is 0 Å². The Kier molecular flexibility index (Phi) is 4.07. The van der Waals surface area contributed by atoms with Crippen LogP contribution in [0.2, 0.25) is 0 Å². The average Bonchev–Trinajstić information content (AvgIpc) is 2.94. The molecular weight excluding hydrogens is 352 g/mol. The molecule has 0 aromatic rings. The van der Waals surface area contributed by atoms with E-state index in [2.05, 4.69) is 27.7 Å². The summed E-state index contributed by atoms with van der Waals surface area (Å²) >= 11 is 0. The van der Waals surface area contributed by atoms with Crippen LogP contribution in [0.4, 0.5) is 0 Å². The number of fused-ring (bicyclic) bond motifs is 8. The molecule has 0 amide bonds. The molecule has 6 rings (SSSR count). The smallest absolute Gasteiger partial charge is 0.0589 e. The van der Waals surface area contributed by atoms with Crippen molar-refractivity contribution in [2.24, 2.45) is 61.7 Å². The van der Waals surface area contributed by atoms with Crippen LogP contribution in [0.5, 0.6) is 0 Å². The molecule has 5 saturated carbocycles. The van der Waals surface area contributed by atoms with Crippen molar-refractivity contribution in [1.82, 2.24) is 0 Å². The first-order chi connectivity index (χ1) is 13.9. The highest BCUT2D eigenvalue weighted by atomic mass is 14.9. The molecule has 9 atom stereocenters. The van der Waals surface area contributed by atoms with Crippen LogP contribution in [0, 0.1) is 51.8 Å². The molecule has 1 heterocycles. The molecule has 5 unspecified atom stereocenters. The van der Waals surface area contributed by atoms with E-state index in [4.69, 9.17) is 9.98 Å². The fourth-order valence-corrected chi connectivity index (χ4v) is 10.8. The van der Waals surface area contributed by atoms with Crippen molar-refractivity contribution >= 4 is 11.4 Å². The van der Waals surface area contributed by atoms with Crippen LogP contribution >= 0.6 is 0 Å². The summed E-state index contributed by atoms with van der Waals surface area (Å²) in [6, 6.07) is 0. The van der Waals surface area contributed by atoms with Crippen LogP contribution in [0.3, 0.4) is 0 Å². The highest BCUT2D eigenvalue weighted by molar-refractivity contribution is 6.43. The summed E-state index contributed by atoms with van der Waals surface area (Å²) in [5.74, 6) is 5.68. The standard InChI is InChI=1S/C27H42N2/c1-17-6-5-10-25(2)15-21-19-8-7-18-14-22-23(29-13-12-28-22)16-27(18,4)20(19)9-11-26(21,3)24(17)25/h17-21,24H,5-16H2,1-4H3/t17?,18-,19?,20?,21-,24?,25?,26-,27-/m0/s1. The molecule has 0 radical (unpaired) electrons. The number of hydrogen-bond acceptors (Lipinski definition) is 2. The van der Waals surface area contributed by atoms with Crippen LogP contribution in [0.15, 0.2) is 9.98 Å². The summed E-state index contributed by atoms with van der Waals surface area (Å²) in [6.45, 7) is 12.6. The van der Waals surface area contributed by atoms with Gasteiger partial charge >= 0.3 is 0 Å². The molecule has 5 aliphatic carbocycles. The quantitative estimate of drug-likeness (QED) is 0.443. The molecule has 29 heavy (non-hydrogen) atoms. The monoisotopic (exact) mass is 394 g/mol. The lowest BCUT2D eigenvalue weighted by Gasteiger charge is -2.61. The maximum absolute atomic E-state index is 4.97. The van der Waals surface area contributed by atoms with Gasteiger partial charge in [0.2, 0.25) is 0 Å². The van der Waals surface area contributed by atoms with E-state index in [0.29, 0.717) is 16.2 Å². The van der Waals surface area contributed by atoms with E-state index in [9.17, 15) is 0 Å². The molecule has 0 saturated heterocycles. The zero-order valence-corrected chi connectivity index (χ0v) is 19.3. The lowest BCUT2D eigenvalue weighted by atomic mass is 9.44. The first-order valence-corrected chi connectivity index (χ1v) is 12.9. The van der Waals surface area contributed by atoms with Crippen molar-refractivity contribution in [1.29, 1.82) is 0 Å². The topological polar surface area (TPSA) is 24.7 Å². The number of hydrogen-bond donors (Lipinski definition) is 0. The Hall–Kier alpha value is -0.660. The molecule has 0 bridgehead atoms. The first kappa shape index (κ1) is 19.1. The van der Waals surface area contributed by atoms with Crippen molar-refractivity contribution in [3.63, 3.8) is 0 Å². The predicted molar refractivity (Wildman–Crippen MR) is 122 cm³/mol. The molecule has 0 N–H and O–H groups in total. The molecule has 0 aromatic carbocycles. The summed E-state index contributed by atoms with van der Waals surface area (Å²) in [7, 11) is 0. The molecule has 160 valence electrons. The fraction of sp³-hybridized carbons (Fsp3) is 0.926. The van der Waals surface area contributed by atoms with E-state index in [1.807, 2.05) is 0 Å². The van der Waals surface area contributed by atoms with Gasteiger partial charge in [-0.05, 0) is 103 Å². The van der Waals surface area contributed by atoms with Crippen LogP contribution < -0.4 is 0 Å². The van der Waals surface area contributed by atoms with Gasteiger partial charge in [0.15, 0.2) is 0 Å². The Morgan fingerprint density at radius 2 is 1.62 bits per heavy atom. The molecule has 5 fully saturated rings. The highest BCUT2D eigenvalue weighted by Crippen LogP contribution is 2.73. The van der Waals surface area contributed by atoms with Gasteiger partial charge in [-0.3, -0.25) is 9.98 Å². The second-order valence-corrected chi connectivity index (χ2v) is 12.9. The number of aliphatic imine (C=N–C) groups is 2. The van der Waals surface area contributed by atoms with Crippen molar-refractivity contribution in [3.05, 3.63) is 0 Å². The van der Waals surface area contributed by atoms with Gasteiger partial charge < -0.3 is 0 Å². The van der Waals surface area contributed by atoms with Crippen LogP contribution in [-0.2, 0) is 0 Å². The van der Waals surface area contributed by atoms with Gasteiger partial charge in [0.05, 0.1) is 24.5 Å². The largest absolute Gasteiger partial charge is 0.286 e. The van der Waals surface area contributed by atoms with Crippen LogP contribution in [-0.4, -0.2) is 24.5 Å². The third-order valence-corrected chi connectivity index (χ3v) is 11.7. The summed E-state index contributed by atoms with van der Waals surface area (Å²) < 4.78 is 0. The highest BCUT2D eigenvalue weighted by Gasteiger charge is 2.66. The summed E-state index contributed by atoms with van der Waals surface area (Å²) in [5, 5.41) is 0. The molecule has 2 nitrogen and oxygen atoms in total. The van der Waals surface area contributed by atoms with Gasteiger partial charge in [-0.15, -0.1) is 0 Å². The SMILES string of the molecule is CC1CCCC2(C)C[C@H]3C4CC[C@H]5CC6=NCCN=C6C[C@]5(C)C4CC[C@]3(C)C12. The second-order valence-electron chi connectivity index (χ2n) is 12.9. The van der Waals surface area contributed by atoms with E-state index in [-0.39, 0.29) is 0 Å². The molecule has 1 aliphatic heterocycles. The molecule has 0 aromatic heterocycles. The van der Waals surface area contributed by atoms with Crippen molar-refractivity contribution in [2.45, 2.75) is 91.9 Å². The minimum absolute atomic E-state index is 0.486. The Balaban J connectivity index is 1.34. The Bertz CT molecular complexity index is 766. The summed E-state index contributed by atoms with van der Waals surface area (Å²) in [6.07, 6.45) is 14.4. The Labute approximate surface area is 178 Å². The molecule has 6 aliphatic rings. The Morgan fingerprint density at radius 1 is 0.828 bits per heavy atom. The fourth-order valence-electron chi connectivity index (χ4n) is 10.8. The van der Waals surface area contributed by atoms with Gasteiger partial charge in [0.1, 0.15) is 0 Å². The minimum atomic E-state index is 0.486. The van der Waals surface area contributed by atoms with Gasteiger partial charge in [0, 0.05) is 0 Å². The third-order valence-electron chi connectivity index (χ3n) is 11.7. The normalized spacial score (nSPS) is 56.1. The lowest BCUT2D eigenvalue weighted by Crippen LogP contribution is -2.55. The third kappa shape index (κ3) is 2.47. The lowest BCUT2D eigenvalue weighted by molar-refractivity contribution is -0.101. The zero-order valence-electron chi connectivity index (χ0n) is 19.3. The minimum Gasteiger partial charge on any atom is -0.286 e. The molecule has 0 spiro atoms. The molecule has 2 heteroatoms. The van der Waals surface area contributed by atoms with Gasteiger partial charge in [-0.1, -0.05) is 40.5 Å². The molecular formula is C27H42N2. The second kappa shape index (κ2) is 6.19. The van der Waals surface area contributed by atoms with E-state index >= 15 is 0 Å². The van der Waals surface area contributed by atoms with Crippen LogP contribution in [0.1, 0.15) is 91.9 Å². The predicted octanol–water partition coefficient (Wildman–Crippen LogP) is 6.59. The van der Waals surface area contributed by atoms with Gasteiger partial charge in [-0.25, -0.2) is 0 Å². The zero-order chi connectivity index (χ0) is 20.0. The van der Waals surface area contributed by atoms with Gasteiger partial charge in [-0.2, -0.15) is 0 Å². The maximum atomic E-state index is 4.97. The maximum Gasteiger partial charge on any atom is 0.0589 e. The van der Waals surface area contributed by atoms with Crippen molar-refractivity contribution in [3.8, 4) is 0 Å². The number of rotatable bonds is 0. The Morgan fingerprint density at radius 3 is 2.45 bits per heavy atom. The van der Waals surface area contributed by atoms with E-state index in [0.717, 1.165) is 48.6 Å². The van der Waals surface area contributed by atoms with E-state index in [1.54, 1.807) is 0 Å². The van der Waals surface area contributed by atoms with E-state index < -0.39 is 0 Å².